The molecule has 2 heterocycles. The minimum atomic E-state index is 0.419. The Labute approximate surface area is 108 Å². The minimum Gasteiger partial charge on any atom is -0.356 e. The molecular formula is C15H19N3. The maximum atomic E-state index is 4.53. The first-order chi connectivity index (χ1) is 8.65. The summed E-state index contributed by atoms with van der Waals surface area (Å²) in [4.78, 5) is 4.53. The van der Waals surface area contributed by atoms with Gasteiger partial charge in [0, 0.05) is 12.7 Å². The van der Waals surface area contributed by atoms with Crippen LogP contribution >= 0.6 is 0 Å². The molecular weight excluding hydrogens is 222 g/mol. The van der Waals surface area contributed by atoms with E-state index in [9.17, 15) is 0 Å². The van der Waals surface area contributed by atoms with Gasteiger partial charge in [-0.25, -0.2) is 4.98 Å². The molecule has 0 fully saturated rings. The van der Waals surface area contributed by atoms with Gasteiger partial charge in [-0.05, 0) is 38.3 Å². The molecule has 3 heteroatoms. The van der Waals surface area contributed by atoms with Crippen molar-refractivity contribution in [3.8, 4) is 0 Å². The first-order valence-corrected chi connectivity index (χ1v) is 6.51. The number of hydrogen-bond acceptors (Lipinski definition) is 2. The van der Waals surface area contributed by atoms with E-state index in [1.165, 1.54) is 16.7 Å². The van der Waals surface area contributed by atoms with E-state index < -0.39 is 0 Å². The molecule has 0 saturated heterocycles. The lowest BCUT2D eigenvalue weighted by atomic mass is 9.96. The summed E-state index contributed by atoms with van der Waals surface area (Å²) in [5, 5.41) is 3.37. The molecule has 1 N–H and O–H groups in total. The van der Waals surface area contributed by atoms with Gasteiger partial charge >= 0.3 is 0 Å². The van der Waals surface area contributed by atoms with Crippen molar-refractivity contribution >= 4 is 5.95 Å². The third-order valence-electron chi connectivity index (χ3n) is 3.67. The fourth-order valence-electron chi connectivity index (χ4n) is 2.85. The summed E-state index contributed by atoms with van der Waals surface area (Å²) in [6, 6.07) is 7.15. The van der Waals surface area contributed by atoms with Crippen LogP contribution in [0.5, 0.6) is 0 Å². The third kappa shape index (κ3) is 1.80. The number of nitrogens with one attached hydrogen (secondary N) is 1. The van der Waals surface area contributed by atoms with Crippen LogP contribution in [0, 0.1) is 20.8 Å². The zero-order valence-electron chi connectivity index (χ0n) is 11.2. The number of imidazole rings is 1. The van der Waals surface area contributed by atoms with Crippen molar-refractivity contribution in [2.75, 3.05) is 11.9 Å². The van der Waals surface area contributed by atoms with Crippen LogP contribution in [0.4, 0.5) is 5.95 Å². The topological polar surface area (TPSA) is 29.9 Å². The second-order valence-electron chi connectivity index (χ2n) is 5.20. The Balaban J connectivity index is 2.07. The van der Waals surface area contributed by atoms with E-state index in [-0.39, 0.29) is 0 Å². The van der Waals surface area contributed by atoms with Crippen LogP contribution in [0.25, 0.3) is 0 Å². The van der Waals surface area contributed by atoms with Crippen molar-refractivity contribution < 1.29 is 0 Å². The van der Waals surface area contributed by atoms with Gasteiger partial charge in [0.2, 0.25) is 5.95 Å². The second kappa shape index (κ2) is 4.16. The van der Waals surface area contributed by atoms with Crippen molar-refractivity contribution in [1.29, 1.82) is 0 Å². The number of fused-ring (bicyclic) bond motifs is 1. The summed E-state index contributed by atoms with van der Waals surface area (Å²) >= 11 is 0. The highest BCUT2D eigenvalue weighted by atomic mass is 15.2. The summed E-state index contributed by atoms with van der Waals surface area (Å²) in [6.07, 6.45) is 3.26. The molecule has 1 aliphatic heterocycles. The molecule has 94 valence electrons. The molecule has 0 saturated carbocycles. The Morgan fingerprint density at radius 3 is 2.89 bits per heavy atom. The Hall–Kier alpha value is -1.77. The normalized spacial score (nSPS) is 18.3. The van der Waals surface area contributed by atoms with Crippen LogP contribution < -0.4 is 5.32 Å². The summed E-state index contributed by atoms with van der Waals surface area (Å²) in [7, 11) is 0. The molecule has 18 heavy (non-hydrogen) atoms. The van der Waals surface area contributed by atoms with Crippen molar-refractivity contribution in [3.05, 3.63) is 46.8 Å². The van der Waals surface area contributed by atoms with E-state index in [1.54, 1.807) is 0 Å². The number of anilines is 1. The van der Waals surface area contributed by atoms with Crippen LogP contribution in [0.1, 0.15) is 34.8 Å². The Kier molecular flexibility index (Phi) is 2.62. The van der Waals surface area contributed by atoms with E-state index >= 15 is 0 Å². The number of nitrogens with zero attached hydrogens (tertiary/aromatic N) is 2. The SMILES string of the molecule is Cc1ccc(C2CCNc3nc(C)cn32)c(C)c1. The molecule has 0 amide bonds. The monoisotopic (exact) mass is 241 g/mol. The van der Waals surface area contributed by atoms with Crippen molar-refractivity contribution in [1.82, 2.24) is 9.55 Å². The lowest BCUT2D eigenvalue weighted by molar-refractivity contribution is 0.528. The molecule has 1 aromatic carbocycles. The van der Waals surface area contributed by atoms with E-state index in [1.807, 2.05) is 6.92 Å². The van der Waals surface area contributed by atoms with Gasteiger partial charge in [0.25, 0.3) is 0 Å². The highest BCUT2D eigenvalue weighted by Crippen LogP contribution is 2.31. The van der Waals surface area contributed by atoms with Crippen LogP contribution in [0.15, 0.2) is 24.4 Å². The molecule has 0 aliphatic carbocycles. The van der Waals surface area contributed by atoms with E-state index in [0.29, 0.717) is 6.04 Å². The van der Waals surface area contributed by atoms with Crippen LogP contribution in [-0.4, -0.2) is 16.1 Å². The molecule has 1 aliphatic rings. The molecule has 1 atom stereocenters. The summed E-state index contributed by atoms with van der Waals surface area (Å²) < 4.78 is 2.27. The number of hydrogen-bond donors (Lipinski definition) is 1. The first-order valence-electron chi connectivity index (χ1n) is 6.51. The lowest BCUT2D eigenvalue weighted by Crippen LogP contribution is -2.23. The zero-order chi connectivity index (χ0) is 12.7. The molecule has 1 aromatic heterocycles. The average Bonchev–Trinajstić information content (AvgIpc) is 2.69. The number of aryl methyl sites for hydroxylation is 3. The van der Waals surface area contributed by atoms with E-state index in [4.69, 9.17) is 0 Å². The fraction of sp³-hybridized carbons (Fsp3) is 0.400. The largest absolute Gasteiger partial charge is 0.356 e. The van der Waals surface area contributed by atoms with Crippen molar-refractivity contribution in [3.63, 3.8) is 0 Å². The highest BCUT2D eigenvalue weighted by Gasteiger charge is 2.23. The van der Waals surface area contributed by atoms with Gasteiger partial charge in [-0.1, -0.05) is 23.8 Å². The molecule has 3 rings (SSSR count). The van der Waals surface area contributed by atoms with Crippen molar-refractivity contribution in [2.45, 2.75) is 33.2 Å². The smallest absolute Gasteiger partial charge is 0.203 e. The van der Waals surface area contributed by atoms with E-state index in [0.717, 1.165) is 24.6 Å². The summed E-state index contributed by atoms with van der Waals surface area (Å²) in [5.41, 5.74) is 5.20. The standard InChI is InChI=1S/C15H19N3/c1-10-4-5-13(11(2)8-10)14-6-7-16-15-17-12(3)9-18(14)15/h4-5,8-9,14H,6-7H2,1-3H3,(H,16,17). The number of benzene rings is 1. The third-order valence-corrected chi connectivity index (χ3v) is 3.67. The van der Waals surface area contributed by atoms with Crippen LogP contribution in [-0.2, 0) is 0 Å². The quantitative estimate of drug-likeness (QED) is 0.830. The fourth-order valence-corrected chi connectivity index (χ4v) is 2.85. The van der Waals surface area contributed by atoms with Crippen molar-refractivity contribution in [2.24, 2.45) is 0 Å². The van der Waals surface area contributed by atoms with Gasteiger partial charge in [0.1, 0.15) is 0 Å². The molecule has 3 nitrogen and oxygen atoms in total. The van der Waals surface area contributed by atoms with Gasteiger partial charge in [-0.15, -0.1) is 0 Å². The van der Waals surface area contributed by atoms with Crippen LogP contribution in [0.2, 0.25) is 0 Å². The summed E-state index contributed by atoms with van der Waals surface area (Å²) in [5.74, 6) is 1.00. The van der Waals surface area contributed by atoms with Gasteiger partial charge in [0.15, 0.2) is 0 Å². The highest BCUT2D eigenvalue weighted by molar-refractivity contribution is 5.39. The predicted molar refractivity (Wildman–Crippen MR) is 74.1 cm³/mol. The Morgan fingerprint density at radius 1 is 1.28 bits per heavy atom. The summed E-state index contributed by atoms with van der Waals surface area (Å²) in [6.45, 7) is 7.39. The number of rotatable bonds is 1. The first kappa shape index (κ1) is 11.3. The Morgan fingerprint density at radius 2 is 2.11 bits per heavy atom. The maximum Gasteiger partial charge on any atom is 0.203 e. The molecule has 0 spiro atoms. The van der Waals surface area contributed by atoms with Gasteiger partial charge in [-0.2, -0.15) is 0 Å². The lowest BCUT2D eigenvalue weighted by Gasteiger charge is -2.27. The number of aromatic nitrogens is 2. The van der Waals surface area contributed by atoms with Gasteiger partial charge in [-0.3, -0.25) is 0 Å². The zero-order valence-corrected chi connectivity index (χ0v) is 11.2. The molecule has 2 aromatic rings. The minimum absolute atomic E-state index is 0.419. The average molecular weight is 241 g/mol. The van der Waals surface area contributed by atoms with Gasteiger partial charge < -0.3 is 9.88 Å². The predicted octanol–water partition coefficient (Wildman–Crippen LogP) is 3.21. The molecule has 0 bridgehead atoms. The molecule has 0 radical (unpaired) electrons. The maximum absolute atomic E-state index is 4.53. The van der Waals surface area contributed by atoms with E-state index in [2.05, 4.69) is 53.1 Å². The van der Waals surface area contributed by atoms with Crippen LogP contribution in [0.3, 0.4) is 0 Å². The second-order valence-corrected chi connectivity index (χ2v) is 5.20. The molecule has 1 unspecified atom stereocenters. The Bertz CT molecular complexity index is 583. The van der Waals surface area contributed by atoms with Gasteiger partial charge in [0.05, 0.1) is 11.7 Å².